The van der Waals surface area contributed by atoms with Crippen LogP contribution in [0.4, 0.5) is 17.1 Å². The molecule has 3 N–H and O–H groups in total. The Hall–Kier alpha value is -5.62. The number of hydrogen-bond donors (Lipinski definition) is 3. The number of anilines is 2. The van der Waals surface area contributed by atoms with Crippen molar-refractivity contribution < 1.29 is 28.8 Å². The highest BCUT2D eigenvalue weighted by Crippen LogP contribution is 2.28. The number of carbonyl (C=O) groups is 3. The summed E-state index contributed by atoms with van der Waals surface area (Å²) >= 11 is 1.30. The fraction of sp³-hybridized carbons (Fsp3) is 0.121. The number of hydrogen-bond acceptors (Lipinski definition) is 8. The van der Waals surface area contributed by atoms with Crippen molar-refractivity contribution in [2.24, 2.45) is 0 Å². The molecule has 4 aromatic carbocycles. The number of thioether (sulfide) groups is 1. The lowest BCUT2D eigenvalue weighted by Crippen LogP contribution is -2.30. The number of ether oxygens (including phenoxy) is 2. The van der Waals surface area contributed by atoms with Gasteiger partial charge in [0.05, 0.1) is 24.4 Å². The van der Waals surface area contributed by atoms with Crippen molar-refractivity contribution in [3.63, 3.8) is 0 Å². The molecule has 0 saturated carbocycles. The number of benzene rings is 4. The fourth-order valence-corrected chi connectivity index (χ4v) is 4.90. The number of carbonyl (C=O) groups excluding carboxylic acids is 3. The van der Waals surface area contributed by atoms with Crippen molar-refractivity contribution in [3.8, 4) is 11.5 Å². The predicted octanol–water partition coefficient (Wildman–Crippen LogP) is 6.14. The SMILES string of the molecule is COc1ccc(OC)c(/C=C(\NC(=O)c2ccccc2)C(=O)Nc2ccc(SC(C)C(=O)Nc3ccc([N+](=O)[O-])cc3)cc2)c1. The van der Waals surface area contributed by atoms with Crippen LogP contribution in [0.2, 0.25) is 0 Å². The van der Waals surface area contributed by atoms with E-state index in [0.29, 0.717) is 34.0 Å². The molecule has 0 radical (unpaired) electrons. The van der Waals surface area contributed by atoms with Crippen molar-refractivity contribution >= 4 is 52.6 Å². The highest BCUT2D eigenvalue weighted by Gasteiger charge is 2.18. The first-order chi connectivity index (χ1) is 21.7. The van der Waals surface area contributed by atoms with Gasteiger partial charge in [0.1, 0.15) is 17.2 Å². The highest BCUT2D eigenvalue weighted by atomic mass is 32.2. The van der Waals surface area contributed by atoms with Crippen LogP contribution in [0.1, 0.15) is 22.8 Å². The summed E-state index contributed by atoms with van der Waals surface area (Å²) in [6, 6.07) is 26.1. The summed E-state index contributed by atoms with van der Waals surface area (Å²) in [5.74, 6) is -0.293. The third kappa shape index (κ3) is 8.94. The van der Waals surface area contributed by atoms with Gasteiger partial charge >= 0.3 is 0 Å². The van der Waals surface area contributed by atoms with E-state index in [1.807, 2.05) is 0 Å². The molecule has 0 aliphatic heterocycles. The van der Waals surface area contributed by atoms with Crippen LogP contribution in [0.15, 0.2) is 108 Å². The first-order valence-corrected chi connectivity index (χ1v) is 14.5. The summed E-state index contributed by atoms with van der Waals surface area (Å²) in [6.07, 6.45) is 1.51. The van der Waals surface area contributed by atoms with Crippen LogP contribution in [0.5, 0.6) is 11.5 Å². The Balaban J connectivity index is 1.47. The summed E-state index contributed by atoms with van der Waals surface area (Å²) in [6.45, 7) is 1.74. The minimum atomic E-state index is -0.569. The lowest BCUT2D eigenvalue weighted by Gasteiger charge is -2.14. The summed E-state index contributed by atoms with van der Waals surface area (Å²) in [5.41, 5.74) is 1.72. The van der Waals surface area contributed by atoms with E-state index < -0.39 is 22.0 Å². The van der Waals surface area contributed by atoms with Gasteiger partial charge in [0.2, 0.25) is 5.91 Å². The second-order valence-electron chi connectivity index (χ2n) is 9.52. The topological polar surface area (TPSA) is 149 Å². The minimum Gasteiger partial charge on any atom is -0.497 e. The van der Waals surface area contributed by atoms with Crippen molar-refractivity contribution in [2.75, 3.05) is 24.9 Å². The molecule has 0 spiro atoms. The van der Waals surface area contributed by atoms with Gasteiger partial charge in [0, 0.05) is 39.5 Å². The van der Waals surface area contributed by atoms with E-state index >= 15 is 0 Å². The van der Waals surface area contributed by atoms with E-state index in [9.17, 15) is 24.5 Å². The van der Waals surface area contributed by atoms with Gasteiger partial charge in [-0.2, -0.15) is 0 Å². The predicted molar refractivity (Wildman–Crippen MR) is 174 cm³/mol. The van der Waals surface area contributed by atoms with Crippen molar-refractivity contribution in [3.05, 3.63) is 124 Å². The van der Waals surface area contributed by atoms with Crippen LogP contribution >= 0.6 is 11.8 Å². The first kappa shape index (κ1) is 32.3. The quantitative estimate of drug-likeness (QED) is 0.0735. The largest absolute Gasteiger partial charge is 0.497 e. The number of non-ortho nitro benzene ring substituents is 1. The Morgan fingerprint density at radius 2 is 1.49 bits per heavy atom. The molecule has 1 atom stereocenters. The third-order valence-corrected chi connectivity index (χ3v) is 7.52. The van der Waals surface area contributed by atoms with Gasteiger partial charge in [-0.25, -0.2) is 0 Å². The number of methoxy groups -OCH3 is 2. The average molecular weight is 627 g/mol. The van der Waals surface area contributed by atoms with Gasteiger partial charge in [-0.15, -0.1) is 11.8 Å². The molecule has 0 heterocycles. The van der Waals surface area contributed by atoms with Crippen molar-refractivity contribution in [1.29, 1.82) is 0 Å². The van der Waals surface area contributed by atoms with E-state index in [1.54, 1.807) is 79.7 Å². The smallest absolute Gasteiger partial charge is 0.272 e. The van der Waals surface area contributed by atoms with Crippen LogP contribution in [0.3, 0.4) is 0 Å². The van der Waals surface area contributed by atoms with Crippen LogP contribution in [0.25, 0.3) is 6.08 Å². The van der Waals surface area contributed by atoms with Crippen LogP contribution in [0, 0.1) is 10.1 Å². The molecule has 0 bridgehead atoms. The van der Waals surface area contributed by atoms with Crippen molar-refractivity contribution in [2.45, 2.75) is 17.1 Å². The van der Waals surface area contributed by atoms with Gasteiger partial charge < -0.3 is 25.4 Å². The monoisotopic (exact) mass is 626 g/mol. The van der Waals surface area contributed by atoms with Gasteiger partial charge in [0.15, 0.2) is 0 Å². The molecule has 45 heavy (non-hydrogen) atoms. The van der Waals surface area contributed by atoms with Gasteiger partial charge in [-0.1, -0.05) is 18.2 Å². The second-order valence-corrected chi connectivity index (χ2v) is 10.9. The summed E-state index contributed by atoms with van der Waals surface area (Å²) in [7, 11) is 3.02. The zero-order valence-corrected chi connectivity index (χ0v) is 25.4. The fourth-order valence-electron chi connectivity index (χ4n) is 4.03. The van der Waals surface area contributed by atoms with Gasteiger partial charge in [0.25, 0.3) is 17.5 Å². The standard InChI is InChI=1S/C33H30N4O7S/c1-21(31(38)34-24-9-13-26(14-10-24)37(41)42)45-28-16-11-25(12-17-28)35-33(40)29(36-32(39)22-7-5-4-6-8-22)20-23-19-27(43-2)15-18-30(23)44-3/h4-21H,1-3H3,(H,34,38)(H,35,40)(H,36,39)/b29-20-. The first-order valence-electron chi connectivity index (χ1n) is 13.6. The molecule has 1 unspecified atom stereocenters. The summed E-state index contributed by atoms with van der Waals surface area (Å²) in [4.78, 5) is 50.2. The molecule has 0 saturated heterocycles. The Morgan fingerprint density at radius 3 is 2.11 bits per heavy atom. The zero-order chi connectivity index (χ0) is 32.3. The molecule has 3 amide bonds. The number of amides is 3. The third-order valence-electron chi connectivity index (χ3n) is 6.41. The maximum absolute atomic E-state index is 13.5. The molecule has 0 fully saturated rings. The number of nitrogens with zero attached hydrogens (tertiary/aromatic N) is 1. The number of nitrogens with one attached hydrogen (secondary N) is 3. The molecule has 0 aromatic heterocycles. The Morgan fingerprint density at radius 1 is 0.844 bits per heavy atom. The van der Waals surface area contributed by atoms with E-state index in [4.69, 9.17) is 9.47 Å². The molecule has 12 heteroatoms. The average Bonchev–Trinajstić information content (AvgIpc) is 3.05. The number of rotatable bonds is 12. The molecule has 0 aliphatic carbocycles. The summed E-state index contributed by atoms with van der Waals surface area (Å²) in [5, 5.41) is 18.6. The van der Waals surface area contributed by atoms with Crippen molar-refractivity contribution in [1.82, 2.24) is 5.32 Å². The van der Waals surface area contributed by atoms with E-state index in [2.05, 4.69) is 16.0 Å². The lowest BCUT2D eigenvalue weighted by atomic mass is 10.1. The maximum atomic E-state index is 13.5. The zero-order valence-electron chi connectivity index (χ0n) is 24.6. The molecule has 11 nitrogen and oxygen atoms in total. The Kier molecular flexibility index (Phi) is 10.9. The van der Waals surface area contributed by atoms with E-state index in [-0.39, 0.29) is 17.3 Å². The lowest BCUT2D eigenvalue weighted by molar-refractivity contribution is -0.384. The van der Waals surface area contributed by atoms with Gasteiger partial charge in [-0.05, 0) is 79.7 Å². The van der Waals surface area contributed by atoms with Crippen LogP contribution < -0.4 is 25.4 Å². The summed E-state index contributed by atoms with van der Waals surface area (Å²) < 4.78 is 10.8. The molecular formula is C33H30N4O7S. The molecule has 230 valence electrons. The minimum absolute atomic E-state index is 0.0228. The molecule has 4 aromatic rings. The maximum Gasteiger partial charge on any atom is 0.272 e. The van der Waals surface area contributed by atoms with Crippen LogP contribution in [-0.2, 0) is 9.59 Å². The highest BCUT2D eigenvalue weighted by molar-refractivity contribution is 8.00. The number of nitro benzene ring substituents is 1. The normalized spacial score (nSPS) is 11.6. The Bertz CT molecular complexity index is 1710. The Labute approximate surface area is 263 Å². The van der Waals surface area contributed by atoms with Gasteiger partial charge in [-0.3, -0.25) is 24.5 Å². The second kappa shape index (κ2) is 15.2. The molecule has 0 aliphatic rings. The van der Waals surface area contributed by atoms with E-state index in [0.717, 1.165) is 4.90 Å². The number of nitro groups is 1. The van der Waals surface area contributed by atoms with E-state index in [1.165, 1.54) is 56.3 Å². The van der Waals surface area contributed by atoms with Crippen LogP contribution in [-0.4, -0.2) is 42.1 Å². The molecule has 4 rings (SSSR count). The molecular weight excluding hydrogens is 596 g/mol.